The number of fused-ring (bicyclic) bond motifs is 3. The lowest BCUT2D eigenvalue weighted by Gasteiger charge is -2.28. The van der Waals surface area contributed by atoms with E-state index in [2.05, 4.69) is 39.2 Å². The van der Waals surface area contributed by atoms with Gasteiger partial charge in [-0.15, -0.1) is 12.4 Å². The Morgan fingerprint density at radius 2 is 1.94 bits per heavy atom. The van der Waals surface area contributed by atoms with Crippen molar-refractivity contribution in [1.82, 2.24) is 25.1 Å². The van der Waals surface area contributed by atoms with Crippen molar-refractivity contribution < 1.29 is 9.47 Å². The van der Waals surface area contributed by atoms with Gasteiger partial charge in [-0.1, -0.05) is 0 Å². The third kappa shape index (κ3) is 3.60. The lowest BCUT2D eigenvalue weighted by Crippen LogP contribution is -2.37. The molecule has 170 valence electrons. The molecule has 5 heterocycles. The summed E-state index contributed by atoms with van der Waals surface area (Å²) < 4.78 is 13.1. The first kappa shape index (κ1) is 21.4. The van der Waals surface area contributed by atoms with Gasteiger partial charge in [-0.25, -0.2) is 4.68 Å². The fraction of sp³-hybridized carbons (Fsp3) is 0.522. The largest absolute Gasteiger partial charge is 0.467 e. The van der Waals surface area contributed by atoms with E-state index in [1.54, 1.807) is 7.11 Å². The molecule has 3 aliphatic heterocycles. The average molecular weight is 457 g/mol. The van der Waals surface area contributed by atoms with Crippen LogP contribution in [0.1, 0.15) is 36.3 Å². The maximum absolute atomic E-state index is 5.76. The Balaban J connectivity index is 0.00000216. The molecule has 2 atom stereocenters. The Hall–Kier alpha value is -2.42. The van der Waals surface area contributed by atoms with Crippen LogP contribution in [0.15, 0.2) is 24.4 Å². The Morgan fingerprint density at radius 3 is 2.66 bits per heavy atom. The third-order valence-corrected chi connectivity index (χ3v) is 7.01. The van der Waals surface area contributed by atoms with Gasteiger partial charge < -0.3 is 19.7 Å². The Bertz CT molecular complexity index is 1130. The van der Waals surface area contributed by atoms with Crippen LogP contribution in [0.25, 0.3) is 16.7 Å². The van der Waals surface area contributed by atoms with E-state index in [4.69, 9.17) is 14.6 Å². The van der Waals surface area contributed by atoms with E-state index in [-0.39, 0.29) is 12.4 Å². The minimum Gasteiger partial charge on any atom is -0.467 e. The van der Waals surface area contributed by atoms with Gasteiger partial charge in [0.2, 0.25) is 0 Å². The molecule has 0 radical (unpaired) electrons. The second-order valence-electron chi connectivity index (χ2n) is 8.92. The SMILES string of the molecule is COc1nc(N2C[C@H]3C[C@@H]2CO3)cc(-n2ncc3cc(C)c(C4CCNCC4)cc32)n1.Cl. The molecule has 3 aromatic rings. The second kappa shape index (κ2) is 8.50. The van der Waals surface area contributed by atoms with Gasteiger partial charge in [0.05, 0.1) is 37.6 Å². The highest BCUT2D eigenvalue weighted by molar-refractivity contribution is 5.85. The minimum absolute atomic E-state index is 0. The molecule has 0 unspecified atom stereocenters. The van der Waals surface area contributed by atoms with Crippen LogP contribution in [0.2, 0.25) is 0 Å². The molecule has 3 aliphatic rings. The number of methoxy groups -OCH3 is 1. The molecule has 32 heavy (non-hydrogen) atoms. The summed E-state index contributed by atoms with van der Waals surface area (Å²) in [5.41, 5.74) is 3.84. The smallest absolute Gasteiger partial charge is 0.320 e. The van der Waals surface area contributed by atoms with Gasteiger partial charge in [-0.2, -0.15) is 15.1 Å². The average Bonchev–Trinajstić information content (AvgIpc) is 3.54. The van der Waals surface area contributed by atoms with Gasteiger partial charge in [0.1, 0.15) is 5.82 Å². The number of aromatic nitrogens is 4. The van der Waals surface area contributed by atoms with Crippen molar-refractivity contribution in [2.45, 2.75) is 44.2 Å². The Labute approximate surface area is 193 Å². The van der Waals surface area contributed by atoms with Crippen LogP contribution in [0.4, 0.5) is 5.82 Å². The van der Waals surface area contributed by atoms with Crippen molar-refractivity contribution in [3.63, 3.8) is 0 Å². The minimum atomic E-state index is 0. The number of aryl methyl sites for hydroxylation is 1. The predicted molar refractivity (Wildman–Crippen MR) is 126 cm³/mol. The maximum atomic E-state index is 5.76. The van der Waals surface area contributed by atoms with E-state index in [0.29, 0.717) is 24.1 Å². The zero-order chi connectivity index (χ0) is 20.9. The molecule has 9 heteroatoms. The highest BCUT2D eigenvalue weighted by Crippen LogP contribution is 2.34. The normalized spacial score (nSPS) is 23.0. The van der Waals surface area contributed by atoms with Gasteiger partial charge in [-0.3, -0.25) is 0 Å². The Morgan fingerprint density at radius 1 is 1.12 bits per heavy atom. The number of rotatable bonds is 4. The van der Waals surface area contributed by atoms with Crippen molar-refractivity contribution in [2.75, 3.05) is 38.3 Å². The molecule has 2 aromatic heterocycles. The van der Waals surface area contributed by atoms with Gasteiger partial charge >= 0.3 is 6.01 Å². The number of piperidine rings is 1. The van der Waals surface area contributed by atoms with E-state index in [1.807, 2.05) is 16.9 Å². The number of nitrogens with one attached hydrogen (secondary N) is 1. The summed E-state index contributed by atoms with van der Waals surface area (Å²) >= 11 is 0. The van der Waals surface area contributed by atoms with Crippen LogP contribution >= 0.6 is 12.4 Å². The summed E-state index contributed by atoms with van der Waals surface area (Å²) in [6, 6.07) is 7.34. The number of halogens is 1. The fourth-order valence-corrected chi connectivity index (χ4v) is 5.39. The van der Waals surface area contributed by atoms with Crippen molar-refractivity contribution in [1.29, 1.82) is 0 Å². The fourth-order valence-electron chi connectivity index (χ4n) is 5.39. The zero-order valence-corrected chi connectivity index (χ0v) is 19.3. The van der Waals surface area contributed by atoms with Gasteiger partial charge in [-0.05, 0) is 68.5 Å². The monoisotopic (exact) mass is 456 g/mol. The summed E-state index contributed by atoms with van der Waals surface area (Å²) in [5, 5.41) is 9.30. The van der Waals surface area contributed by atoms with Crippen molar-refractivity contribution >= 4 is 29.1 Å². The van der Waals surface area contributed by atoms with E-state index < -0.39 is 0 Å². The highest BCUT2D eigenvalue weighted by atomic mass is 35.5. The van der Waals surface area contributed by atoms with E-state index in [0.717, 1.165) is 55.2 Å². The molecule has 2 bridgehead atoms. The molecule has 0 saturated carbocycles. The summed E-state index contributed by atoms with van der Waals surface area (Å²) in [6.45, 7) is 5.99. The second-order valence-corrected chi connectivity index (χ2v) is 8.92. The molecule has 8 nitrogen and oxygen atoms in total. The highest BCUT2D eigenvalue weighted by Gasteiger charge is 2.40. The van der Waals surface area contributed by atoms with E-state index in [1.165, 1.54) is 24.0 Å². The van der Waals surface area contributed by atoms with Gasteiger partial charge in [0.15, 0.2) is 5.82 Å². The summed E-state index contributed by atoms with van der Waals surface area (Å²) in [7, 11) is 1.61. The lowest BCUT2D eigenvalue weighted by molar-refractivity contribution is 0.0988. The van der Waals surface area contributed by atoms with Crippen molar-refractivity contribution in [2.24, 2.45) is 0 Å². The van der Waals surface area contributed by atoms with Crippen LogP contribution in [-0.4, -0.2) is 65.2 Å². The maximum Gasteiger partial charge on any atom is 0.320 e. The van der Waals surface area contributed by atoms with Crippen LogP contribution in [-0.2, 0) is 4.74 Å². The molecular weight excluding hydrogens is 428 g/mol. The number of benzene rings is 1. The molecule has 6 rings (SSSR count). The number of hydrogen-bond acceptors (Lipinski definition) is 7. The number of ether oxygens (including phenoxy) is 2. The molecular formula is C23H29ClN6O2. The Kier molecular flexibility index (Phi) is 5.69. The zero-order valence-electron chi connectivity index (χ0n) is 18.5. The van der Waals surface area contributed by atoms with E-state index >= 15 is 0 Å². The van der Waals surface area contributed by atoms with Crippen molar-refractivity contribution in [3.8, 4) is 11.8 Å². The summed E-state index contributed by atoms with van der Waals surface area (Å²) in [6.07, 6.45) is 5.63. The topological polar surface area (TPSA) is 77.3 Å². The molecule has 3 saturated heterocycles. The molecule has 0 amide bonds. The molecule has 1 N–H and O–H groups in total. The van der Waals surface area contributed by atoms with Gasteiger partial charge in [0, 0.05) is 18.0 Å². The van der Waals surface area contributed by atoms with Crippen LogP contribution < -0.4 is 15.0 Å². The third-order valence-electron chi connectivity index (χ3n) is 7.01. The predicted octanol–water partition coefficient (Wildman–Crippen LogP) is 3.00. The van der Waals surface area contributed by atoms with Crippen molar-refractivity contribution in [3.05, 3.63) is 35.5 Å². The summed E-state index contributed by atoms with van der Waals surface area (Å²) in [5.74, 6) is 2.21. The molecule has 1 aromatic carbocycles. The first-order valence-electron chi connectivity index (χ1n) is 11.2. The van der Waals surface area contributed by atoms with Crippen LogP contribution in [0, 0.1) is 6.92 Å². The molecule has 0 spiro atoms. The van der Waals surface area contributed by atoms with Gasteiger partial charge in [0.25, 0.3) is 0 Å². The number of morpholine rings is 1. The first-order chi connectivity index (χ1) is 15.2. The van der Waals surface area contributed by atoms with E-state index in [9.17, 15) is 0 Å². The number of nitrogens with zero attached hydrogens (tertiary/aromatic N) is 5. The number of hydrogen-bond donors (Lipinski definition) is 1. The molecule has 0 aliphatic carbocycles. The van der Waals surface area contributed by atoms with Crippen LogP contribution in [0.5, 0.6) is 6.01 Å². The number of anilines is 1. The lowest BCUT2D eigenvalue weighted by atomic mass is 9.87. The molecule has 3 fully saturated rings. The van der Waals surface area contributed by atoms with Crippen LogP contribution in [0.3, 0.4) is 0 Å². The summed E-state index contributed by atoms with van der Waals surface area (Å²) in [4.78, 5) is 11.6. The standard InChI is InChI=1S/C23H28N6O2.ClH/c1-14-7-16-11-25-29(20(16)9-19(14)15-3-5-24-6-4-15)22-10-21(26-23(27-22)30-2)28-12-18-8-17(28)13-31-18;/h7,9-11,15,17-18,24H,3-6,8,12-13H2,1-2H3;1H/t17-,18-;/m1./s1. The first-order valence-corrected chi connectivity index (χ1v) is 11.2. The quantitative estimate of drug-likeness (QED) is 0.646.